The van der Waals surface area contributed by atoms with Gasteiger partial charge in [0.25, 0.3) is 0 Å². The summed E-state index contributed by atoms with van der Waals surface area (Å²) in [6, 6.07) is 12.9. The van der Waals surface area contributed by atoms with Gasteiger partial charge in [0, 0.05) is 10.8 Å². The maximum absolute atomic E-state index is 9.41. The fourth-order valence-electron chi connectivity index (χ4n) is 2.38. The number of rotatable bonds is 4. The van der Waals surface area contributed by atoms with Crippen molar-refractivity contribution in [2.24, 2.45) is 11.3 Å². The SMILES string of the molecule is CC(C)(/C=C/C(C)(C)C(C#N)C#N)c1cc(C#N)c(C#N)cc1C#N. The van der Waals surface area contributed by atoms with Gasteiger partial charge in [-0.3, -0.25) is 0 Å². The highest BCUT2D eigenvalue weighted by Gasteiger charge is 2.29. The van der Waals surface area contributed by atoms with Gasteiger partial charge >= 0.3 is 0 Å². The van der Waals surface area contributed by atoms with Crippen molar-refractivity contribution in [3.63, 3.8) is 0 Å². The number of nitriles is 5. The second-order valence-electron chi connectivity index (χ2n) is 6.85. The Morgan fingerprint density at radius 3 is 1.68 bits per heavy atom. The van der Waals surface area contributed by atoms with Crippen LogP contribution >= 0.6 is 0 Å². The van der Waals surface area contributed by atoms with Gasteiger partial charge in [-0.25, -0.2) is 0 Å². The lowest BCUT2D eigenvalue weighted by atomic mass is 9.75. The minimum Gasteiger partial charge on any atom is -0.197 e. The Hall–Kier alpha value is -3.59. The molecule has 0 N–H and O–H groups in total. The van der Waals surface area contributed by atoms with E-state index in [4.69, 9.17) is 15.8 Å². The summed E-state index contributed by atoms with van der Waals surface area (Å²) in [4.78, 5) is 0. The third kappa shape index (κ3) is 4.03. The monoisotopic (exact) mass is 327 g/mol. The van der Waals surface area contributed by atoms with Crippen molar-refractivity contribution in [2.45, 2.75) is 33.1 Å². The standard InChI is InChI=1S/C20H17N5/c1-19(2,17(12-24)13-25)5-6-20(3,4)18-8-15(10-22)14(9-21)7-16(18)11-23/h5-8,17H,1-4H3/b6-5+. The van der Waals surface area contributed by atoms with Crippen LogP contribution in [-0.4, -0.2) is 0 Å². The zero-order chi connectivity index (χ0) is 19.3. The van der Waals surface area contributed by atoms with E-state index in [9.17, 15) is 10.5 Å². The lowest BCUT2D eigenvalue weighted by Crippen LogP contribution is -2.22. The van der Waals surface area contributed by atoms with Gasteiger partial charge in [0.1, 0.15) is 18.1 Å². The lowest BCUT2D eigenvalue weighted by Gasteiger charge is -2.27. The molecule has 0 aliphatic carbocycles. The first-order chi connectivity index (χ1) is 11.7. The van der Waals surface area contributed by atoms with Gasteiger partial charge in [-0.2, -0.15) is 26.3 Å². The van der Waals surface area contributed by atoms with E-state index in [-0.39, 0.29) is 11.1 Å². The maximum atomic E-state index is 9.41. The van der Waals surface area contributed by atoms with Crippen molar-refractivity contribution < 1.29 is 0 Å². The summed E-state index contributed by atoms with van der Waals surface area (Å²) in [5, 5.41) is 45.9. The van der Waals surface area contributed by atoms with Crippen LogP contribution in [0.2, 0.25) is 0 Å². The molecule has 5 nitrogen and oxygen atoms in total. The number of allylic oxidation sites excluding steroid dienone is 2. The van der Waals surface area contributed by atoms with Crippen molar-refractivity contribution in [1.82, 2.24) is 0 Å². The number of benzene rings is 1. The minimum atomic E-state index is -0.800. The van der Waals surface area contributed by atoms with Crippen LogP contribution in [0.15, 0.2) is 24.3 Å². The highest BCUT2D eigenvalue weighted by molar-refractivity contribution is 5.56. The minimum absolute atomic E-state index is 0.164. The predicted molar refractivity (Wildman–Crippen MR) is 91.3 cm³/mol. The van der Waals surface area contributed by atoms with E-state index < -0.39 is 16.7 Å². The van der Waals surface area contributed by atoms with Gasteiger partial charge in [-0.1, -0.05) is 39.8 Å². The molecule has 0 aliphatic heterocycles. The molecule has 0 bridgehead atoms. The molecule has 0 saturated heterocycles. The summed E-state index contributed by atoms with van der Waals surface area (Å²) in [6.45, 7) is 7.33. The Balaban J connectivity index is 3.47. The molecule has 122 valence electrons. The number of nitrogens with zero attached hydrogens (tertiary/aromatic N) is 5. The van der Waals surface area contributed by atoms with E-state index in [1.807, 2.05) is 44.2 Å². The van der Waals surface area contributed by atoms with Crippen LogP contribution in [-0.2, 0) is 5.41 Å². The van der Waals surface area contributed by atoms with Gasteiger partial charge in [-0.15, -0.1) is 0 Å². The average Bonchev–Trinajstić information content (AvgIpc) is 2.59. The van der Waals surface area contributed by atoms with E-state index >= 15 is 0 Å². The molecule has 0 aromatic heterocycles. The zero-order valence-corrected chi connectivity index (χ0v) is 14.6. The Morgan fingerprint density at radius 2 is 1.24 bits per heavy atom. The molecule has 1 rings (SSSR count). The van der Waals surface area contributed by atoms with Crippen molar-refractivity contribution in [1.29, 1.82) is 26.3 Å². The smallest absolute Gasteiger partial charge is 0.141 e. The summed E-state index contributed by atoms with van der Waals surface area (Å²) in [5.41, 5.74) is 0.0135. The average molecular weight is 327 g/mol. The third-order valence-corrected chi connectivity index (χ3v) is 4.14. The fourth-order valence-corrected chi connectivity index (χ4v) is 2.38. The van der Waals surface area contributed by atoms with Crippen LogP contribution in [0.25, 0.3) is 0 Å². The van der Waals surface area contributed by atoms with Gasteiger partial charge in [0.15, 0.2) is 0 Å². The van der Waals surface area contributed by atoms with Crippen LogP contribution in [0, 0.1) is 68.0 Å². The van der Waals surface area contributed by atoms with Crippen LogP contribution in [0.5, 0.6) is 0 Å². The van der Waals surface area contributed by atoms with Gasteiger partial charge < -0.3 is 0 Å². The van der Waals surface area contributed by atoms with E-state index in [1.54, 1.807) is 26.0 Å². The fraction of sp³-hybridized carbons (Fsp3) is 0.350. The maximum Gasteiger partial charge on any atom is 0.141 e. The van der Waals surface area contributed by atoms with Crippen molar-refractivity contribution in [2.75, 3.05) is 0 Å². The third-order valence-electron chi connectivity index (χ3n) is 4.14. The van der Waals surface area contributed by atoms with Crippen molar-refractivity contribution in [3.05, 3.63) is 46.5 Å². The summed E-state index contributed by atoms with van der Waals surface area (Å²) in [6.07, 6.45) is 3.62. The van der Waals surface area contributed by atoms with Crippen LogP contribution < -0.4 is 0 Å². The van der Waals surface area contributed by atoms with E-state index in [1.165, 1.54) is 6.07 Å². The van der Waals surface area contributed by atoms with Crippen molar-refractivity contribution >= 4 is 0 Å². The molecule has 5 heteroatoms. The van der Waals surface area contributed by atoms with Gasteiger partial charge in [-0.05, 0) is 17.7 Å². The Morgan fingerprint density at radius 1 is 0.760 bits per heavy atom. The molecule has 0 atom stereocenters. The highest BCUT2D eigenvalue weighted by atomic mass is 14.4. The molecule has 0 aliphatic rings. The molecule has 0 heterocycles. The Labute approximate surface area is 148 Å². The predicted octanol–water partition coefficient (Wildman–Crippen LogP) is 3.83. The molecule has 1 aromatic rings. The quantitative estimate of drug-likeness (QED) is 0.778. The first kappa shape index (κ1) is 19.5. The van der Waals surface area contributed by atoms with Gasteiger partial charge in [0.2, 0.25) is 0 Å². The summed E-state index contributed by atoms with van der Waals surface area (Å²) >= 11 is 0. The topological polar surface area (TPSA) is 119 Å². The van der Waals surface area contributed by atoms with Gasteiger partial charge in [0.05, 0.1) is 34.9 Å². The lowest BCUT2D eigenvalue weighted by molar-refractivity contribution is 0.412. The molecular weight excluding hydrogens is 310 g/mol. The Bertz CT molecular complexity index is 902. The Kier molecular flexibility index (Phi) is 5.70. The number of hydrogen-bond acceptors (Lipinski definition) is 5. The second-order valence-corrected chi connectivity index (χ2v) is 6.85. The molecule has 0 amide bonds. The molecule has 0 unspecified atom stereocenters. The molecule has 0 radical (unpaired) electrons. The first-order valence-corrected chi connectivity index (χ1v) is 7.55. The normalized spacial score (nSPS) is 11.2. The molecule has 0 saturated carbocycles. The first-order valence-electron chi connectivity index (χ1n) is 7.55. The summed E-state index contributed by atoms with van der Waals surface area (Å²) < 4.78 is 0. The molecular formula is C20H17N5. The van der Waals surface area contributed by atoms with Crippen LogP contribution in [0.1, 0.15) is 49.9 Å². The molecule has 25 heavy (non-hydrogen) atoms. The summed E-state index contributed by atoms with van der Waals surface area (Å²) in [7, 11) is 0. The second kappa shape index (κ2) is 7.32. The summed E-state index contributed by atoms with van der Waals surface area (Å²) in [5.74, 6) is -0.800. The molecule has 0 spiro atoms. The number of hydrogen-bond donors (Lipinski definition) is 0. The van der Waals surface area contributed by atoms with E-state index in [0.29, 0.717) is 11.1 Å². The van der Waals surface area contributed by atoms with E-state index in [2.05, 4.69) is 6.07 Å². The van der Waals surface area contributed by atoms with Crippen LogP contribution in [0.4, 0.5) is 0 Å². The largest absolute Gasteiger partial charge is 0.197 e. The molecule has 1 aromatic carbocycles. The molecule has 0 fully saturated rings. The van der Waals surface area contributed by atoms with E-state index in [0.717, 1.165) is 0 Å². The van der Waals surface area contributed by atoms with Crippen molar-refractivity contribution in [3.8, 4) is 30.3 Å². The highest BCUT2D eigenvalue weighted by Crippen LogP contribution is 2.34. The zero-order valence-electron chi connectivity index (χ0n) is 14.6. The van der Waals surface area contributed by atoms with Crippen LogP contribution in [0.3, 0.4) is 0 Å².